The number of hydrogen-bond acceptors (Lipinski definition) is 15. The summed E-state index contributed by atoms with van der Waals surface area (Å²) in [4.78, 5) is 11.6. The van der Waals surface area contributed by atoms with E-state index in [1.54, 1.807) is 0 Å². The third-order valence-corrected chi connectivity index (χ3v) is 6.12. The molecule has 0 aromatic carbocycles. The van der Waals surface area contributed by atoms with E-state index in [1.165, 1.54) is 6.92 Å². The minimum atomic E-state index is -1.94. The summed E-state index contributed by atoms with van der Waals surface area (Å²) in [7, 11) is 0. The molecule has 0 aromatic heterocycles. The van der Waals surface area contributed by atoms with Crippen LogP contribution in [0.1, 0.15) is 13.8 Å². The zero-order valence-electron chi connectivity index (χ0n) is 19.7. The number of carbonyl (C=O) groups excluding carboxylic acids is 1. The Balaban J connectivity index is 2.38. The highest BCUT2D eigenvalue weighted by molar-refractivity contribution is 5.73. The fourth-order valence-electron chi connectivity index (χ4n) is 3.98. The molecule has 16 heteroatoms. The predicted octanol–water partition coefficient (Wildman–Crippen LogP) is -6.77. The minimum absolute atomic E-state index is 0.658. The molecule has 2 aliphatic heterocycles. The number of hydrogen-bond donors (Lipinski definition) is 11. The Morgan fingerprint density at radius 2 is 1.53 bits per heavy atom. The molecule has 16 nitrogen and oxygen atoms in total. The largest absolute Gasteiger partial charge is 0.394 e. The van der Waals surface area contributed by atoms with E-state index in [2.05, 4.69) is 5.32 Å². The summed E-state index contributed by atoms with van der Waals surface area (Å²) >= 11 is 0. The van der Waals surface area contributed by atoms with Crippen LogP contribution in [0.15, 0.2) is 0 Å². The second kappa shape index (κ2) is 13.6. The van der Waals surface area contributed by atoms with Gasteiger partial charge in [-0.05, 0) is 6.92 Å². The molecular formula is C20H37NO15. The smallest absolute Gasteiger partial charge is 0.217 e. The van der Waals surface area contributed by atoms with Crippen LogP contribution in [0.4, 0.5) is 0 Å². The molecule has 11 N–H and O–H groups in total. The third-order valence-electron chi connectivity index (χ3n) is 6.12. The lowest BCUT2D eigenvalue weighted by atomic mass is 9.96. The monoisotopic (exact) mass is 531 g/mol. The van der Waals surface area contributed by atoms with Gasteiger partial charge in [0.25, 0.3) is 0 Å². The van der Waals surface area contributed by atoms with E-state index in [-0.39, 0.29) is 0 Å². The average molecular weight is 532 g/mol. The molecule has 2 saturated heterocycles. The first kappa shape index (κ1) is 31.1. The van der Waals surface area contributed by atoms with Crippen molar-refractivity contribution in [3.05, 3.63) is 0 Å². The molecule has 0 spiro atoms. The molecule has 212 valence electrons. The first-order valence-corrected chi connectivity index (χ1v) is 11.4. The van der Waals surface area contributed by atoms with Crippen molar-refractivity contribution in [1.29, 1.82) is 0 Å². The lowest BCUT2D eigenvalue weighted by Gasteiger charge is -2.47. The molecule has 2 heterocycles. The van der Waals surface area contributed by atoms with Gasteiger partial charge in [0.1, 0.15) is 61.0 Å². The summed E-state index contributed by atoms with van der Waals surface area (Å²) in [6.45, 7) is -0.0978. The summed E-state index contributed by atoms with van der Waals surface area (Å²) in [5.41, 5.74) is 0. The fourth-order valence-corrected chi connectivity index (χ4v) is 3.98. The zero-order chi connectivity index (χ0) is 27.3. The average Bonchev–Trinajstić information content (AvgIpc) is 2.85. The standard InChI is InChI=1S/C20H37NO15/c1-6-11(27)14(30)16(32)19(33-6)36-18-15(31)13(29)10(5-24)34-20(18)35-17(12(28)9(26)4-23)8(3-22)21-7(2)25/h6,8-20,22-24,26-32H,3-5H2,1-2H3,(H,21,25)/t6-,8+,9-,10-,11+,12+,13+,14+,15+,16-,17-,18-,19+,20+/m1/s1. The van der Waals surface area contributed by atoms with Gasteiger partial charge in [-0.1, -0.05) is 0 Å². The van der Waals surface area contributed by atoms with Gasteiger partial charge in [0.2, 0.25) is 5.91 Å². The van der Waals surface area contributed by atoms with Crippen LogP contribution in [-0.2, 0) is 23.7 Å². The molecule has 36 heavy (non-hydrogen) atoms. The molecule has 14 atom stereocenters. The molecule has 2 fully saturated rings. The quantitative estimate of drug-likeness (QED) is 0.118. The number of rotatable bonds is 11. The van der Waals surface area contributed by atoms with Gasteiger partial charge >= 0.3 is 0 Å². The van der Waals surface area contributed by atoms with Crippen molar-refractivity contribution >= 4 is 5.91 Å². The van der Waals surface area contributed by atoms with Crippen LogP contribution in [-0.4, -0.2) is 163 Å². The van der Waals surface area contributed by atoms with Crippen molar-refractivity contribution < 1.29 is 74.8 Å². The Bertz CT molecular complexity index is 687. The normalized spacial score (nSPS) is 40.8. The van der Waals surface area contributed by atoms with E-state index >= 15 is 0 Å². The molecule has 0 aromatic rings. The molecule has 0 aliphatic carbocycles. The maximum Gasteiger partial charge on any atom is 0.217 e. The highest BCUT2D eigenvalue weighted by Gasteiger charge is 2.51. The van der Waals surface area contributed by atoms with Crippen LogP contribution in [0.2, 0.25) is 0 Å². The second-order valence-electron chi connectivity index (χ2n) is 8.82. The van der Waals surface area contributed by atoms with Crippen LogP contribution < -0.4 is 5.32 Å². The zero-order valence-corrected chi connectivity index (χ0v) is 19.7. The van der Waals surface area contributed by atoms with Crippen LogP contribution in [0.3, 0.4) is 0 Å². The Hall–Kier alpha value is -1.09. The number of nitrogens with one attached hydrogen (secondary N) is 1. The van der Waals surface area contributed by atoms with E-state index in [0.29, 0.717) is 0 Å². The molecule has 2 aliphatic rings. The Labute approximate surface area is 206 Å². The maximum atomic E-state index is 11.6. The van der Waals surface area contributed by atoms with Gasteiger partial charge in [-0.25, -0.2) is 0 Å². The maximum absolute atomic E-state index is 11.6. The Morgan fingerprint density at radius 1 is 0.889 bits per heavy atom. The molecule has 0 radical (unpaired) electrons. The van der Waals surface area contributed by atoms with Gasteiger partial charge in [-0.3, -0.25) is 4.79 Å². The summed E-state index contributed by atoms with van der Waals surface area (Å²) in [6.07, 6.45) is -21.8. The molecule has 0 bridgehead atoms. The van der Waals surface area contributed by atoms with Crippen molar-refractivity contribution in [1.82, 2.24) is 5.32 Å². The van der Waals surface area contributed by atoms with E-state index in [0.717, 1.165) is 6.92 Å². The van der Waals surface area contributed by atoms with Crippen LogP contribution in [0.5, 0.6) is 0 Å². The number of ether oxygens (including phenoxy) is 4. The van der Waals surface area contributed by atoms with Crippen molar-refractivity contribution in [3.8, 4) is 0 Å². The Kier molecular flexibility index (Phi) is 11.8. The van der Waals surface area contributed by atoms with Crippen molar-refractivity contribution in [2.45, 2.75) is 99.6 Å². The van der Waals surface area contributed by atoms with Crippen LogP contribution in [0.25, 0.3) is 0 Å². The highest BCUT2D eigenvalue weighted by atomic mass is 16.8. The van der Waals surface area contributed by atoms with Gasteiger partial charge in [0.15, 0.2) is 12.6 Å². The number of aliphatic hydroxyl groups is 10. The van der Waals surface area contributed by atoms with E-state index in [1.807, 2.05) is 0 Å². The predicted molar refractivity (Wildman–Crippen MR) is 114 cm³/mol. The Morgan fingerprint density at radius 3 is 2.06 bits per heavy atom. The van der Waals surface area contributed by atoms with Crippen molar-refractivity contribution in [3.63, 3.8) is 0 Å². The number of carbonyl (C=O) groups is 1. The van der Waals surface area contributed by atoms with Gasteiger partial charge in [-0.2, -0.15) is 0 Å². The van der Waals surface area contributed by atoms with E-state index in [9.17, 15) is 55.9 Å². The summed E-state index contributed by atoms with van der Waals surface area (Å²) in [6, 6.07) is -1.38. The molecule has 0 unspecified atom stereocenters. The lowest BCUT2D eigenvalue weighted by molar-refractivity contribution is -0.373. The van der Waals surface area contributed by atoms with E-state index < -0.39 is 111 Å². The van der Waals surface area contributed by atoms with Crippen molar-refractivity contribution in [2.24, 2.45) is 0 Å². The fraction of sp³-hybridized carbons (Fsp3) is 0.950. The van der Waals surface area contributed by atoms with Crippen LogP contribution in [0, 0.1) is 0 Å². The van der Waals surface area contributed by atoms with Gasteiger partial charge in [-0.15, -0.1) is 0 Å². The van der Waals surface area contributed by atoms with Gasteiger partial charge in [0.05, 0.1) is 32.0 Å². The molecular weight excluding hydrogens is 494 g/mol. The number of aliphatic hydroxyl groups excluding tert-OH is 10. The number of amides is 1. The highest BCUT2D eigenvalue weighted by Crippen LogP contribution is 2.31. The topological polar surface area (TPSA) is 268 Å². The summed E-state index contributed by atoms with van der Waals surface area (Å²) in [5, 5.41) is 103. The van der Waals surface area contributed by atoms with Crippen LogP contribution >= 0.6 is 0 Å². The van der Waals surface area contributed by atoms with Gasteiger partial charge in [0, 0.05) is 6.92 Å². The molecule has 2 rings (SSSR count). The first-order chi connectivity index (χ1) is 16.9. The van der Waals surface area contributed by atoms with E-state index in [4.69, 9.17) is 18.9 Å². The summed E-state index contributed by atoms with van der Waals surface area (Å²) in [5.74, 6) is -0.658. The first-order valence-electron chi connectivity index (χ1n) is 11.4. The van der Waals surface area contributed by atoms with Crippen molar-refractivity contribution in [2.75, 3.05) is 19.8 Å². The molecule has 0 saturated carbocycles. The van der Waals surface area contributed by atoms with Gasteiger partial charge < -0.3 is 75.3 Å². The third kappa shape index (κ3) is 7.06. The lowest BCUT2D eigenvalue weighted by Crippen LogP contribution is -2.66. The SMILES string of the molecule is CC(=O)N[C@@H](CO)[C@@H](O[C@@H]1O[C@H](CO)[C@H](O)[C@H](O)[C@H]1O[C@@H]1O[C@H](C)[C@H](O)[C@H](O)[C@H]1O)[C@@H](O)[C@H](O)CO. The minimum Gasteiger partial charge on any atom is -0.394 e. The molecule has 1 amide bonds. The summed E-state index contributed by atoms with van der Waals surface area (Å²) < 4.78 is 22.0. The second-order valence-corrected chi connectivity index (χ2v) is 8.82.